The van der Waals surface area contributed by atoms with Crippen molar-refractivity contribution in [1.82, 2.24) is 4.90 Å². The van der Waals surface area contributed by atoms with Crippen LogP contribution in [0.1, 0.15) is 5.76 Å². The summed E-state index contributed by atoms with van der Waals surface area (Å²) in [5.41, 5.74) is 1.01. The summed E-state index contributed by atoms with van der Waals surface area (Å²) in [6.45, 7) is 3.87. The highest BCUT2D eigenvalue weighted by molar-refractivity contribution is 5.46. The van der Waals surface area contributed by atoms with Crippen molar-refractivity contribution in [3.05, 3.63) is 58.1 Å². The molecule has 3 rings (SSSR count). The van der Waals surface area contributed by atoms with Crippen molar-refractivity contribution in [2.75, 3.05) is 31.1 Å². The molecule has 1 aliphatic rings. The van der Waals surface area contributed by atoms with Gasteiger partial charge in [0.1, 0.15) is 16.5 Å². The Morgan fingerprint density at radius 2 is 1.77 bits per heavy atom. The molecule has 1 aromatic heterocycles. The number of hydrogen-bond acceptors (Lipinski definition) is 5. The lowest BCUT2D eigenvalue weighted by Crippen LogP contribution is -2.45. The molecular weight excluding hydrogens is 289 g/mol. The van der Waals surface area contributed by atoms with Gasteiger partial charge in [0.15, 0.2) is 0 Å². The first-order valence-electron chi connectivity index (χ1n) is 7.08. The van der Waals surface area contributed by atoms with Crippen molar-refractivity contribution >= 4 is 11.6 Å². The van der Waals surface area contributed by atoms with Gasteiger partial charge in [-0.2, -0.15) is 0 Å². The summed E-state index contributed by atoms with van der Waals surface area (Å²) in [6.07, 6.45) is 0. The van der Waals surface area contributed by atoms with Crippen LogP contribution >= 0.6 is 0 Å². The molecule has 2 heterocycles. The van der Waals surface area contributed by atoms with E-state index in [2.05, 4.69) is 9.80 Å². The quantitative estimate of drug-likeness (QED) is 0.642. The minimum atomic E-state index is -0.532. The summed E-state index contributed by atoms with van der Waals surface area (Å²) in [6, 6.07) is 9.50. The Kier molecular flexibility index (Phi) is 4.06. The summed E-state index contributed by atoms with van der Waals surface area (Å²) in [5, 5.41) is 10.6. The van der Waals surface area contributed by atoms with E-state index in [9.17, 15) is 14.5 Å². The lowest BCUT2D eigenvalue weighted by atomic mass is 10.2. The Bertz CT molecular complexity index is 648. The van der Waals surface area contributed by atoms with E-state index in [1.165, 1.54) is 18.2 Å². The second-order valence-corrected chi connectivity index (χ2v) is 5.24. The number of rotatable bonds is 4. The van der Waals surface area contributed by atoms with Crippen molar-refractivity contribution in [3.63, 3.8) is 0 Å². The van der Waals surface area contributed by atoms with Gasteiger partial charge in [-0.1, -0.05) is 0 Å². The van der Waals surface area contributed by atoms with E-state index in [1.807, 2.05) is 0 Å². The average molecular weight is 305 g/mol. The number of hydrogen-bond donors (Lipinski definition) is 0. The molecule has 6 nitrogen and oxygen atoms in total. The largest absolute Gasteiger partial charge is 0.433 e. The first-order valence-corrected chi connectivity index (χ1v) is 7.08. The first-order chi connectivity index (χ1) is 10.6. The fraction of sp³-hybridized carbons (Fsp3) is 0.333. The lowest BCUT2D eigenvalue weighted by molar-refractivity contribution is -0.402. The summed E-state index contributed by atoms with van der Waals surface area (Å²) >= 11 is 0. The lowest BCUT2D eigenvalue weighted by Gasteiger charge is -2.35. The number of anilines is 1. The second-order valence-electron chi connectivity index (χ2n) is 5.24. The summed E-state index contributed by atoms with van der Waals surface area (Å²) in [5.74, 6) is 0.142. The van der Waals surface area contributed by atoms with Crippen LogP contribution in [0.4, 0.5) is 16.0 Å². The number of nitrogens with zero attached hydrogens (tertiary/aromatic N) is 3. The van der Waals surface area contributed by atoms with E-state index in [-0.39, 0.29) is 11.7 Å². The molecule has 0 spiro atoms. The molecule has 0 N–H and O–H groups in total. The smallest absolute Gasteiger partial charge is 0.404 e. The third-order valence-electron chi connectivity index (χ3n) is 3.77. The standard InChI is InChI=1S/C15H16FN3O3/c16-12-1-3-13(4-2-12)18-9-7-17(8-10-18)11-14-5-6-15(22-14)19(20)21/h1-6H,7-11H2. The van der Waals surface area contributed by atoms with E-state index in [0.717, 1.165) is 31.9 Å². The third kappa shape index (κ3) is 3.25. The van der Waals surface area contributed by atoms with Crippen molar-refractivity contribution in [1.29, 1.82) is 0 Å². The molecule has 0 bridgehead atoms. The zero-order chi connectivity index (χ0) is 15.5. The normalized spacial score (nSPS) is 16.0. The van der Waals surface area contributed by atoms with Gasteiger partial charge in [0.25, 0.3) is 0 Å². The highest BCUT2D eigenvalue weighted by atomic mass is 19.1. The van der Waals surface area contributed by atoms with Crippen LogP contribution in [-0.2, 0) is 6.54 Å². The van der Waals surface area contributed by atoms with Gasteiger partial charge >= 0.3 is 5.88 Å². The van der Waals surface area contributed by atoms with Gasteiger partial charge in [0.2, 0.25) is 0 Å². The van der Waals surface area contributed by atoms with Crippen molar-refractivity contribution in [3.8, 4) is 0 Å². The van der Waals surface area contributed by atoms with E-state index in [1.54, 1.807) is 18.2 Å². The molecule has 1 fully saturated rings. The Morgan fingerprint density at radius 1 is 1.09 bits per heavy atom. The first kappa shape index (κ1) is 14.5. The molecule has 0 amide bonds. The maximum absolute atomic E-state index is 12.9. The third-order valence-corrected chi connectivity index (χ3v) is 3.77. The minimum absolute atomic E-state index is 0.222. The molecule has 0 aliphatic carbocycles. The molecule has 7 heteroatoms. The monoisotopic (exact) mass is 305 g/mol. The Labute approximate surface area is 126 Å². The summed E-state index contributed by atoms with van der Waals surface area (Å²) in [7, 11) is 0. The average Bonchev–Trinajstić information content (AvgIpc) is 2.98. The minimum Gasteiger partial charge on any atom is -0.404 e. The van der Waals surface area contributed by atoms with Crippen LogP contribution in [0, 0.1) is 15.9 Å². The predicted molar refractivity (Wildman–Crippen MR) is 79.3 cm³/mol. The number of halogens is 1. The van der Waals surface area contributed by atoms with Crippen LogP contribution < -0.4 is 4.90 Å². The number of furan rings is 1. The van der Waals surface area contributed by atoms with Gasteiger partial charge in [-0.25, -0.2) is 4.39 Å². The zero-order valence-electron chi connectivity index (χ0n) is 11.9. The SMILES string of the molecule is O=[N+]([O-])c1ccc(CN2CCN(c3ccc(F)cc3)CC2)o1. The van der Waals surface area contributed by atoms with Gasteiger partial charge in [-0.05, 0) is 30.3 Å². The van der Waals surface area contributed by atoms with Gasteiger partial charge in [0.05, 0.1) is 12.6 Å². The molecule has 22 heavy (non-hydrogen) atoms. The van der Waals surface area contributed by atoms with Crippen LogP contribution in [0.5, 0.6) is 0 Å². The second kappa shape index (κ2) is 6.15. The van der Waals surface area contributed by atoms with Gasteiger partial charge in [-0.15, -0.1) is 0 Å². The number of nitro groups is 1. The van der Waals surface area contributed by atoms with Crippen LogP contribution in [-0.4, -0.2) is 36.0 Å². The summed E-state index contributed by atoms with van der Waals surface area (Å²) in [4.78, 5) is 14.4. The molecule has 116 valence electrons. The number of benzene rings is 1. The van der Waals surface area contributed by atoms with Crippen molar-refractivity contribution in [2.45, 2.75) is 6.54 Å². The Hall–Kier alpha value is -2.41. The molecule has 0 radical (unpaired) electrons. The number of piperazine rings is 1. The molecule has 0 atom stereocenters. The highest BCUT2D eigenvalue weighted by Crippen LogP contribution is 2.20. The van der Waals surface area contributed by atoms with Crippen LogP contribution in [0.25, 0.3) is 0 Å². The fourth-order valence-electron chi connectivity index (χ4n) is 2.59. The van der Waals surface area contributed by atoms with E-state index >= 15 is 0 Å². The Balaban J connectivity index is 1.55. The topological polar surface area (TPSA) is 62.8 Å². The van der Waals surface area contributed by atoms with Gasteiger partial charge < -0.3 is 9.32 Å². The van der Waals surface area contributed by atoms with Crippen molar-refractivity contribution < 1.29 is 13.7 Å². The zero-order valence-corrected chi connectivity index (χ0v) is 11.9. The maximum Gasteiger partial charge on any atom is 0.433 e. The van der Waals surface area contributed by atoms with E-state index in [4.69, 9.17) is 4.42 Å². The van der Waals surface area contributed by atoms with Gasteiger partial charge in [-0.3, -0.25) is 15.0 Å². The fourth-order valence-corrected chi connectivity index (χ4v) is 2.59. The molecule has 1 aromatic carbocycles. The van der Waals surface area contributed by atoms with Crippen LogP contribution in [0.2, 0.25) is 0 Å². The molecule has 1 saturated heterocycles. The van der Waals surface area contributed by atoms with Crippen molar-refractivity contribution in [2.24, 2.45) is 0 Å². The molecular formula is C15H16FN3O3. The predicted octanol–water partition coefficient (Wildman–Crippen LogP) is 2.65. The van der Waals surface area contributed by atoms with Crippen LogP contribution in [0.3, 0.4) is 0 Å². The Morgan fingerprint density at radius 3 is 2.36 bits per heavy atom. The van der Waals surface area contributed by atoms with E-state index in [0.29, 0.717) is 12.3 Å². The molecule has 0 saturated carbocycles. The molecule has 1 aliphatic heterocycles. The van der Waals surface area contributed by atoms with E-state index < -0.39 is 4.92 Å². The summed E-state index contributed by atoms with van der Waals surface area (Å²) < 4.78 is 18.1. The maximum atomic E-state index is 12.9. The van der Waals surface area contributed by atoms with Crippen LogP contribution in [0.15, 0.2) is 40.8 Å². The molecule has 0 unspecified atom stereocenters. The van der Waals surface area contributed by atoms with Gasteiger partial charge in [0, 0.05) is 31.9 Å². The highest BCUT2D eigenvalue weighted by Gasteiger charge is 2.19. The molecule has 2 aromatic rings.